The molecule has 20 heavy (non-hydrogen) atoms. The molecule has 1 saturated heterocycles. The van der Waals surface area contributed by atoms with E-state index >= 15 is 0 Å². The molecule has 1 N–H and O–H groups in total. The molecule has 1 atom stereocenters. The van der Waals surface area contributed by atoms with Gasteiger partial charge in [0.15, 0.2) is 0 Å². The van der Waals surface area contributed by atoms with Gasteiger partial charge in [0.1, 0.15) is 5.75 Å². The van der Waals surface area contributed by atoms with Crippen LogP contribution in [0.15, 0.2) is 18.2 Å². The topological polar surface area (TPSA) is 49.8 Å². The van der Waals surface area contributed by atoms with Crippen molar-refractivity contribution in [2.75, 3.05) is 20.2 Å². The van der Waals surface area contributed by atoms with E-state index in [0.717, 1.165) is 37.2 Å². The van der Waals surface area contributed by atoms with Crippen molar-refractivity contribution in [1.29, 1.82) is 0 Å². The Kier molecular flexibility index (Phi) is 4.65. The van der Waals surface area contributed by atoms with E-state index < -0.39 is 0 Å². The predicted molar refractivity (Wildman–Crippen MR) is 78.0 cm³/mol. The normalized spacial score (nSPS) is 17.9. The molecular weight excluding hydrogens is 254 g/mol. The number of aliphatic hydroxyl groups is 1. The summed E-state index contributed by atoms with van der Waals surface area (Å²) in [5, 5.41) is 9.60. The molecular formula is C16H23NO3. The van der Waals surface area contributed by atoms with Crippen LogP contribution in [0.5, 0.6) is 5.75 Å². The molecule has 1 heterocycles. The quantitative estimate of drug-likeness (QED) is 0.921. The van der Waals surface area contributed by atoms with Crippen molar-refractivity contribution >= 4 is 5.91 Å². The fourth-order valence-electron chi connectivity index (χ4n) is 2.78. The zero-order valence-electron chi connectivity index (χ0n) is 12.4. The van der Waals surface area contributed by atoms with Crippen molar-refractivity contribution in [3.05, 3.63) is 29.3 Å². The van der Waals surface area contributed by atoms with Crippen molar-refractivity contribution in [2.45, 2.75) is 32.8 Å². The number of benzene rings is 1. The molecule has 4 heteroatoms. The summed E-state index contributed by atoms with van der Waals surface area (Å²) in [6.45, 7) is 5.21. The number of likely N-dealkylation sites (tertiary alicyclic amines) is 1. The average molecular weight is 277 g/mol. The van der Waals surface area contributed by atoms with Crippen molar-refractivity contribution in [3.8, 4) is 5.75 Å². The van der Waals surface area contributed by atoms with Gasteiger partial charge in [-0.25, -0.2) is 0 Å². The average Bonchev–Trinajstić information content (AvgIpc) is 2.46. The third-order valence-corrected chi connectivity index (χ3v) is 4.15. The van der Waals surface area contributed by atoms with Crippen LogP contribution in [0.3, 0.4) is 0 Å². The maximum Gasteiger partial charge on any atom is 0.253 e. The van der Waals surface area contributed by atoms with E-state index in [1.807, 2.05) is 36.9 Å². The number of carbonyl (C=O) groups is 1. The van der Waals surface area contributed by atoms with Crippen molar-refractivity contribution in [1.82, 2.24) is 4.90 Å². The highest BCUT2D eigenvalue weighted by atomic mass is 16.5. The van der Waals surface area contributed by atoms with Crippen LogP contribution in [-0.2, 0) is 0 Å². The first-order valence-corrected chi connectivity index (χ1v) is 7.15. The molecule has 1 aliphatic heterocycles. The Morgan fingerprint density at radius 3 is 2.55 bits per heavy atom. The number of piperidine rings is 1. The highest BCUT2D eigenvalue weighted by Gasteiger charge is 2.26. The number of aryl methyl sites for hydroxylation is 1. The van der Waals surface area contributed by atoms with Crippen molar-refractivity contribution < 1.29 is 14.6 Å². The Labute approximate surface area is 120 Å². The summed E-state index contributed by atoms with van der Waals surface area (Å²) in [4.78, 5) is 14.3. The van der Waals surface area contributed by atoms with Crippen LogP contribution in [0.1, 0.15) is 35.7 Å². The van der Waals surface area contributed by atoms with E-state index in [4.69, 9.17) is 4.74 Å². The zero-order valence-corrected chi connectivity index (χ0v) is 12.4. The molecule has 1 unspecified atom stereocenters. The second kappa shape index (κ2) is 6.27. The van der Waals surface area contributed by atoms with E-state index in [1.165, 1.54) is 0 Å². The number of amides is 1. The Morgan fingerprint density at radius 2 is 2.05 bits per heavy atom. The molecule has 1 fully saturated rings. The van der Waals surface area contributed by atoms with Crippen molar-refractivity contribution in [2.24, 2.45) is 5.92 Å². The minimum Gasteiger partial charge on any atom is -0.496 e. The van der Waals surface area contributed by atoms with E-state index in [1.54, 1.807) is 7.11 Å². The number of aliphatic hydroxyl groups excluding tert-OH is 1. The van der Waals surface area contributed by atoms with Crippen LogP contribution < -0.4 is 4.74 Å². The first-order chi connectivity index (χ1) is 9.52. The van der Waals surface area contributed by atoms with Gasteiger partial charge in [-0.3, -0.25) is 4.79 Å². The van der Waals surface area contributed by atoms with Crippen LogP contribution in [0, 0.1) is 12.8 Å². The summed E-state index contributed by atoms with van der Waals surface area (Å²) in [6, 6.07) is 5.53. The van der Waals surface area contributed by atoms with Crippen LogP contribution in [0.25, 0.3) is 0 Å². The lowest BCUT2D eigenvalue weighted by atomic mass is 9.92. The molecule has 110 valence electrons. The second-order valence-corrected chi connectivity index (χ2v) is 5.55. The Balaban J connectivity index is 2.04. The first-order valence-electron chi connectivity index (χ1n) is 7.15. The lowest BCUT2D eigenvalue weighted by Crippen LogP contribution is -2.40. The van der Waals surface area contributed by atoms with Crippen molar-refractivity contribution in [3.63, 3.8) is 0 Å². The van der Waals surface area contributed by atoms with Gasteiger partial charge < -0.3 is 14.7 Å². The summed E-state index contributed by atoms with van der Waals surface area (Å²) in [5.41, 5.74) is 1.68. The highest BCUT2D eigenvalue weighted by Crippen LogP contribution is 2.24. The lowest BCUT2D eigenvalue weighted by Gasteiger charge is -2.33. The summed E-state index contributed by atoms with van der Waals surface area (Å²) < 4.78 is 5.21. The number of methoxy groups -OCH3 is 1. The third-order valence-electron chi connectivity index (χ3n) is 4.15. The molecule has 1 aliphatic rings. The largest absolute Gasteiger partial charge is 0.496 e. The van der Waals surface area contributed by atoms with E-state index in [2.05, 4.69) is 0 Å². The number of hydrogen-bond donors (Lipinski definition) is 1. The standard InChI is InChI=1S/C16H23NO3/c1-11-10-14(4-5-15(11)20-3)16(19)17-8-6-13(7-9-17)12(2)18/h4-5,10,12-13,18H,6-9H2,1-3H3. The molecule has 0 saturated carbocycles. The van der Waals surface area contributed by atoms with Gasteiger partial charge in [0, 0.05) is 18.7 Å². The molecule has 1 aromatic rings. The number of rotatable bonds is 3. The van der Waals surface area contributed by atoms with Gasteiger partial charge in [-0.05, 0) is 56.4 Å². The lowest BCUT2D eigenvalue weighted by molar-refractivity contribution is 0.0521. The minimum atomic E-state index is -0.282. The van der Waals surface area contributed by atoms with Gasteiger partial charge in [-0.15, -0.1) is 0 Å². The summed E-state index contributed by atoms with van der Waals surface area (Å²) in [5.74, 6) is 1.19. The summed E-state index contributed by atoms with van der Waals surface area (Å²) >= 11 is 0. The molecule has 4 nitrogen and oxygen atoms in total. The molecule has 1 amide bonds. The fraction of sp³-hybridized carbons (Fsp3) is 0.562. The van der Waals surface area contributed by atoms with Crippen LogP contribution in [-0.4, -0.2) is 42.2 Å². The molecule has 1 aromatic carbocycles. The van der Waals surface area contributed by atoms with Gasteiger partial charge in [0.2, 0.25) is 0 Å². The fourth-order valence-corrected chi connectivity index (χ4v) is 2.78. The number of ether oxygens (including phenoxy) is 1. The second-order valence-electron chi connectivity index (χ2n) is 5.55. The monoisotopic (exact) mass is 277 g/mol. The Hall–Kier alpha value is -1.55. The number of nitrogens with zero attached hydrogens (tertiary/aromatic N) is 1. The first kappa shape index (κ1) is 14.9. The SMILES string of the molecule is COc1ccc(C(=O)N2CCC(C(C)O)CC2)cc1C. The Bertz CT molecular complexity index is 477. The number of hydrogen-bond acceptors (Lipinski definition) is 3. The Morgan fingerprint density at radius 1 is 1.40 bits per heavy atom. The summed E-state index contributed by atoms with van der Waals surface area (Å²) in [6.07, 6.45) is 1.47. The maximum absolute atomic E-state index is 12.5. The van der Waals surface area contributed by atoms with Gasteiger partial charge in [-0.1, -0.05) is 0 Å². The van der Waals surface area contributed by atoms with E-state index in [9.17, 15) is 9.90 Å². The molecule has 0 aliphatic carbocycles. The highest BCUT2D eigenvalue weighted by molar-refractivity contribution is 5.94. The van der Waals surface area contributed by atoms with Gasteiger partial charge >= 0.3 is 0 Å². The molecule has 0 radical (unpaired) electrons. The smallest absolute Gasteiger partial charge is 0.253 e. The molecule has 0 spiro atoms. The molecule has 0 bridgehead atoms. The van der Waals surface area contributed by atoms with Gasteiger partial charge in [-0.2, -0.15) is 0 Å². The predicted octanol–water partition coefficient (Wildman–Crippen LogP) is 2.24. The van der Waals surface area contributed by atoms with Crippen LogP contribution in [0.2, 0.25) is 0 Å². The molecule has 2 rings (SSSR count). The number of carbonyl (C=O) groups excluding carboxylic acids is 1. The van der Waals surface area contributed by atoms with Crippen LogP contribution in [0.4, 0.5) is 0 Å². The maximum atomic E-state index is 12.5. The van der Waals surface area contributed by atoms with Gasteiger partial charge in [0.25, 0.3) is 5.91 Å². The molecule has 0 aromatic heterocycles. The van der Waals surface area contributed by atoms with E-state index in [-0.39, 0.29) is 12.0 Å². The van der Waals surface area contributed by atoms with Crippen LogP contribution >= 0.6 is 0 Å². The minimum absolute atomic E-state index is 0.0693. The zero-order chi connectivity index (χ0) is 14.7. The van der Waals surface area contributed by atoms with Gasteiger partial charge in [0.05, 0.1) is 13.2 Å². The van der Waals surface area contributed by atoms with E-state index in [0.29, 0.717) is 11.5 Å². The summed E-state index contributed by atoms with van der Waals surface area (Å²) in [7, 11) is 1.63. The third kappa shape index (κ3) is 3.12.